The number of allylic oxidation sites excluding steroid dienone is 1. The maximum Gasteiger partial charge on any atom is 0.255 e. The highest BCUT2D eigenvalue weighted by molar-refractivity contribution is 7.98. The number of amides is 1. The van der Waals surface area contributed by atoms with Crippen LogP contribution in [0.5, 0.6) is 11.5 Å². The van der Waals surface area contributed by atoms with Gasteiger partial charge in [-0.25, -0.2) is 4.68 Å². The van der Waals surface area contributed by atoms with E-state index in [-0.39, 0.29) is 5.91 Å². The lowest BCUT2D eigenvalue weighted by Gasteiger charge is -2.29. The number of carbonyl (C=O) groups excluding carboxylic acids is 1. The van der Waals surface area contributed by atoms with Gasteiger partial charge in [0, 0.05) is 16.5 Å². The molecule has 0 saturated carbocycles. The van der Waals surface area contributed by atoms with E-state index < -0.39 is 6.04 Å². The Morgan fingerprint density at radius 1 is 0.978 bits per heavy atom. The summed E-state index contributed by atoms with van der Waals surface area (Å²) in [5.74, 6) is 2.17. The number of ether oxygens (including phenoxy) is 2. The highest BCUT2D eigenvalue weighted by Gasteiger charge is 2.34. The number of benzene rings is 4. The quantitative estimate of drug-likeness (QED) is 0.150. The summed E-state index contributed by atoms with van der Waals surface area (Å²) in [6.45, 7) is 4.39. The summed E-state index contributed by atoms with van der Waals surface area (Å²) in [5.41, 5.74) is 5.91. The smallest absolute Gasteiger partial charge is 0.255 e. The lowest BCUT2D eigenvalue weighted by atomic mass is 9.95. The molecule has 10 heteroatoms. The van der Waals surface area contributed by atoms with Gasteiger partial charge in [-0.05, 0) is 60.9 Å². The van der Waals surface area contributed by atoms with Gasteiger partial charge in [0.25, 0.3) is 5.91 Å². The van der Waals surface area contributed by atoms with Crippen LogP contribution in [0.3, 0.4) is 0 Å². The Morgan fingerprint density at radius 3 is 2.47 bits per heavy atom. The first-order chi connectivity index (χ1) is 21.9. The Labute approximate surface area is 271 Å². The van der Waals surface area contributed by atoms with Crippen molar-refractivity contribution in [3.63, 3.8) is 0 Å². The zero-order chi connectivity index (χ0) is 31.3. The van der Waals surface area contributed by atoms with Gasteiger partial charge in [-0.1, -0.05) is 95.7 Å². The number of fused-ring (bicyclic) bond motifs is 1. The van der Waals surface area contributed by atoms with Gasteiger partial charge in [0.1, 0.15) is 24.1 Å². The van der Waals surface area contributed by atoms with Crippen molar-refractivity contribution in [1.29, 1.82) is 0 Å². The van der Waals surface area contributed by atoms with Gasteiger partial charge in [-0.15, -0.1) is 5.10 Å². The molecule has 0 spiro atoms. The number of aryl methyl sites for hydroxylation is 1. The van der Waals surface area contributed by atoms with Crippen LogP contribution in [-0.2, 0) is 17.2 Å². The number of halogens is 1. The predicted octanol–water partition coefficient (Wildman–Crippen LogP) is 8.05. The number of rotatable bonds is 10. The molecule has 0 fully saturated rings. The molecule has 0 bridgehead atoms. The molecule has 45 heavy (non-hydrogen) atoms. The molecular formula is C35H32ClN5O3S. The van der Waals surface area contributed by atoms with E-state index in [4.69, 9.17) is 31.2 Å². The molecule has 4 aromatic carbocycles. The molecule has 2 N–H and O–H groups in total. The Kier molecular flexibility index (Phi) is 9.09. The molecule has 8 nitrogen and oxygen atoms in total. The third-order valence-corrected chi connectivity index (χ3v) is 8.72. The van der Waals surface area contributed by atoms with E-state index in [0.29, 0.717) is 51.2 Å². The van der Waals surface area contributed by atoms with Crippen LogP contribution in [0.4, 0.5) is 11.6 Å². The third kappa shape index (κ3) is 6.84. The number of hydrogen-bond donors (Lipinski definition) is 2. The van der Waals surface area contributed by atoms with E-state index in [1.807, 2.05) is 73.7 Å². The Bertz CT molecular complexity index is 1850. The van der Waals surface area contributed by atoms with Gasteiger partial charge in [-0.2, -0.15) is 4.98 Å². The number of nitrogens with zero attached hydrogens (tertiary/aromatic N) is 3. The molecule has 1 aliphatic rings. The van der Waals surface area contributed by atoms with Gasteiger partial charge in [0.15, 0.2) is 0 Å². The van der Waals surface area contributed by atoms with E-state index in [0.717, 1.165) is 22.4 Å². The van der Waals surface area contributed by atoms with Crippen molar-refractivity contribution in [2.75, 3.05) is 17.7 Å². The first kappa shape index (κ1) is 30.3. The number of thioether (sulfide) groups is 1. The minimum absolute atomic E-state index is 0.277. The van der Waals surface area contributed by atoms with E-state index >= 15 is 0 Å². The number of para-hydroxylation sites is 2. The maximum atomic E-state index is 14.0. The number of nitrogens with one attached hydrogen (secondary N) is 2. The largest absolute Gasteiger partial charge is 0.495 e. The summed E-state index contributed by atoms with van der Waals surface area (Å²) in [6.07, 6.45) is 0. The molecule has 1 unspecified atom stereocenters. The van der Waals surface area contributed by atoms with E-state index in [1.54, 1.807) is 17.9 Å². The van der Waals surface area contributed by atoms with Crippen molar-refractivity contribution in [3.05, 3.63) is 136 Å². The molecule has 5 aromatic rings. The normalized spacial score (nSPS) is 14.0. The summed E-state index contributed by atoms with van der Waals surface area (Å²) >= 11 is 7.87. The van der Waals surface area contributed by atoms with Gasteiger partial charge in [0.05, 0.1) is 18.4 Å². The highest BCUT2D eigenvalue weighted by Crippen LogP contribution is 2.38. The van der Waals surface area contributed by atoms with Crippen molar-refractivity contribution in [3.8, 4) is 11.5 Å². The summed E-state index contributed by atoms with van der Waals surface area (Å²) in [5, 5.41) is 12.5. The van der Waals surface area contributed by atoms with Crippen molar-refractivity contribution in [1.82, 2.24) is 14.8 Å². The average Bonchev–Trinajstić information content (AvgIpc) is 3.46. The highest BCUT2D eigenvalue weighted by atomic mass is 35.5. The predicted molar refractivity (Wildman–Crippen MR) is 179 cm³/mol. The van der Waals surface area contributed by atoms with Crippen molar-refractivity contribution >= 4 is 40.9 Å². The standard InChI is InChI=1S/C35H32ClN5O3S/c1-22-12-14-24(15-13-22)20-44-27-18-16-25(17-19-27)32-31(33(42)38-29-10-6-7-11-30(29)43-3)23(2)37-34-39-35(40-41(32)34)45-21-26-8-4-5-9-28(26)36/h4-19,32H,20-21H2,1-3H3,(H,38,42)(H,37,39,40). The lowest BCUT2D eigenvalue weighted by Crippen LogP contribution is -2.31. The second-order valence-electron chi connectivity index (χ2n) is 10.6. The van der Waals surface area contributed by atoms with Crippen LogP contribution in [-0.4, -0.2) is 27.8 Å². The summed E-state index contributed by atoms with van der Waals surface area (Å²) in [6, 6.07) is 30.5. The molecule has 228 valence electrons. The SMILES string of the molecule is COc1ccccc1NC(=O)C1=C(C)Nc2nc(SCc3ccccc3Cl)nn2C1c1ccc(OCc2ccc(C)cc2)cc1. The van der Waals surface area contributed by atoms with Crippen molar-refractivity contribution in [2.24, 2.45) is 0 Å². The average molecular weight is 638 g/mol. The molecule has 1 aromatic heterocycles. The second kappa shape index (κ2) is 13.5. The molecular weight excluding hydrogens is 606 g/mol. The fourth-order valence-corrected chi connectivity index (χ4v) is 6.20. The zero-order valence-corrected chi connectivity index (χ0v) is 26.7. The summed E-state index contributed by atoms with van der Waals surface area (Å²) < 4.78 is 13.3. The molecule has 1 aliphatic heterocycles. The molecule has 1 atom stereocenters. The van der Waals surface area contributed by atoms with Crippen LogP contribution >= 0.6 is 23.4 Å². The van der Waals surface area contributed by atoms with Crippen LogP contribution < -0.4 is 20.1 Å². The molecule has 0 aliphatic carbocycles. The number of carbonyl (C=O) groups is 1. The van der Waals surface area contributed by atoms with Crippen LogP contribution in [0.25, 0.3) is 0 Å². The van der Waals surface area contributed by atoms with Gasteiger partial charge in [-0.3, -0.25) is 4.79 Å². The van der Waals surface area contributed by atoms with Gasteiger partial charge >= 0.3 is 0 Å². The van der Waals surface area contributed by atoms with E-state index in [9.17, 15) is 4.79 Å². The maximum absolute atomic E-state index is 14.0. The van der Waals surface area contributed by atoms with E-state index in [1.165, 1.54) is 17.3 Å². The summed E-state index contributed by atoms with van der Waals surface area (Å²) in [4.78, 5) is 18.7. The van der Waals surface area contributed by atoms with Crippen LogP contribution in [0.2, 0.25) is 5.02 Å². The topological polar surface area (TPSA) is 90.3 Å². The van der Waals surface area contributed by atoms with Crippen LogP contribution in [0.1, 0.15) is 35.2 Å². The molecule has 1 amide bonds. The first-order valence-electron chi connectivity index (χ1n) is 14.4. The minimum Gasteiger partial charge on any atom is -0.495 e. The van der Waals surface area contributed by atoms with Crippen LogP contribution in [0, 0.1) is 6.92 Å². The summed E-state index contributed by atoms with van der Waals surface area (Å²) in [7, 11) is 1.58. The molecule has 0 saturated heterocycles. The second-order valence-corrected chi connectivity index (χ2v) is 12.0. The molecule has 6 rings (SSSR count). The number of anilines is 2. The van der Waals surface area contributed by atoms with Crippen LogP contribution in [0.15, 0.2) is 113 Å². The zero-order valence-electron chi connectivity index (χ0n) is 25.1. The third-order valence-electron chi connectivity index (χ3n) is 7.47. The van der Waals surface area contributed by atoms with E-state index in [2.05, 4.69) is 41.8 Å². The molecule has 0 radical (unpaired) electrons. The number of methoxy groups -OCH3 is 1. The van der Waals surface area contributed by atoms with Crippen molar-refractivity contribution < 1.29 is 14.3 Å². The Hall–Kier alpha value is -4.73. The number of aromatic nitrogens is 3. The Morgan fingerprint density at radius 2 is 1.71 bits per heavy atom. The van der Waals surface area contributed by atoms with Crippen molar-refractivity contribution in [2.45, 2.75) is 37.4 Å². The molecule has 2 heterocycles. The van der Waals surface area contributed by atoms with Gasteiger partial charge in [0.2, 0.25) is 11.1 Å². The van der Waals surface area contributed by atoms with Gasteiger partial charge < -0.3 is 20.1 Å². The first-order valence-corrected chi connectivity index (χ1v) is 15.8. The minimum atomic E-state index is -0.552. The lowest BCUT2D eigenvalue weighted by molar-refractivity contribution is -0.113. The number of hydrogen-bond acceptors (Lipinski definition) is 7. The fourth-order valence-electron chi connectivity index (χ4n) is 5.09. The monoisotopic (exact) mass is 637 g/mol. The Balaban J connectivity index is 1.30. The fraction of sp³-hybridized carbons (Fsp3) is 0.171.